The van der Waals surface area contributed by atoms with Crippen molar-refractivity contribution >= 4 is 15.9 Å². The number of benzene rings is 1. The zero-order valence-corrected chi connectivity index (χ0v) is 10.9. The van der Waals surface area contributed by atoms with Crippen LogP contribution in [0.5, 0.6) is 0 Å². The van der Waals surface area contributed by atoms with Gasteiger partial charge in [0.1, 0.15) is 0 Å². The summed E-state index contributed by atoms with van der Waals surface area (Å²) in [4.78, 5) is 0.664. The van der Waals surface area contributed by atoms with E-state index in [0.29, 0.717) is 4.83 Å². The average Bonchev–Trinajstić information content (AvgIpc) is 2.66. The molecule has 0 aliphatic heterocycles. The topological polar surface area (TPSA) is 0 Å². The Kier molecular flexibility index (Phi) is 3.85. The minimum Gasteiger partial charge on any atom is -0.0884 e. The van der Waals surface area contributed by atoms with E-state index < -0.39 is 0 Å². The minimum atomic E-state index is 0.664. The first kappa shape index (κ1) is 11.2. The molecule has 0 bridgehead atoms. The molecule has 0 radical (unpaired) electrons. The summed E-state index contributed by atoms with van der Waals surface area (Å²) >= 11 is 3.88. The molecule has 15 heavy (non-hydrogen) atoms. The number of alkyl halides is 1. The summed E-state index contributed by atoms with van der Waals surface area (Å²) in [5, 5.41) is 0. The van der Waals surface area contributed by atoms with Gasteiger partial charge in [-0.15, -0.1) is 0 Å². The van der Waals surface area contributed by atoms with Crippen molar-refractivity contribution in [1.29, 1.82) is 0 Å². The molecular weight excluding hydrogens is 248 g/mol. The van der Waals surface area contributed by atoms with Crippen LogP contribution < -0.4 is 0 Å². The van der Waals surface area contributed by atoms with Crippen LogP contribution in [0, 0.1) is 11.8 Å². The van der Waals surface area contributed by atoms with E-state index >= 15 is 0 Å². The van der Waals surface area contributed by atoms with Crippen molar-refractivity contribution in [3.05, 3.63) is 35.9 Å². The molecule has 82 valence electrons. The maximum atomic E-state index is 3.88. The second-order valence-electron chi connectivity index (χ2n) is 4.78. The van der Waals surface area contributed by atoms with E-state index in [4.69, 9.17) is 0 Å². The maximum Gasteiger partial charge on any atom is 0.0216 e. The van der Waals surface area contributed by atoms with Gasteiger partial charge in [-0.3, -0.25) is 0 Å². The molecule has 0 saturated heterocycles. The lowest BCUT2D eigenvalue weighted by Gasteiger charge is -2.21. The Morgan fingerprint density at radius 1 is 1.27 bits per heavy atom. The van der Waals surface area contributed by atoms with Gasteiger partial charge >= 0.3 is 0 Å². The zero-order valence-electron chi connectivity index (χ0n) is 9.33. The van der Waals surface area contributed by atoms with Crippen LogP contribution in [0.1, 0.15) is 31.7 Å². The van der Waals surface area contributed by atoms with Crippen molar-refractivity contribution in [3.8, 4) is 0 Å². The highest BCUT2D eigenvalue weighted by Crippen LogP contribution is 2.37. The van der Waals surface area contributed by atoms with Gasteiger partial charge in [0.25, 0.3) is 0 Å². The van der Waals surface area contributed by atoms with Crippen molar-refractivity contribution < 1.29 is 0 Å². The van der Waals surface area contributed by atoms with Crippen LogP contribution in [0.15, 0.2) is 30.3 Å². The van der Waals surface area contributed by atoms with Crippen molar-refractivity contribution in [2.75, 3.05) is 0 Å². The van der Waals surface area contributed by atoms with E-state index in [0.717, 1.165) is 11.8 Å². The van der Waals surface area contributed by atoms with Crippen molar-refractivity contribution in [2.24, 2.45) is 11.8 Å². The Balaban J connectivity index is 1.94. The van der Waals surface area contributed by atoms with Crippen molar-refractivity contribution in [2.45, 2.75) is 37.4 Å². The molecule has 1 fully saturated rings. The highest BCUT2D eigenvalue weighted by molar-refractivity contribution is 9.09. The SMILES string of the molecule is CC1CCCC1C(Br)Cc1ccccc1. The molecule has 2 rings (SSSR count). The molecule has 1 aliphatic rings. The lowest BCUT2D eigenvalue weighted by Crippen LogP contribution is -2.19. The van der Waals surface area contributed by atoms with Crippen LogP contribution >= 0.6 is 15.9 Å². The first-order valence-electron chi connectivity index (χ1n) is 5.95. The van der Waals surface area contributed by atoms with E-state index in [1.54, 1.807) is 0 Å². The molecular formula is C14H19Br. The van der Waals surface area contributed by atoms with E-state index in [9.17, 15) is 0 Å². The summed E-state index contributed by atoms with van der Waals surface area (Å²) in [5.74, 6) is 1.78. The summed E-state index contributed by atoms with van der Waals surface area (Å²) in [6.45, 7) is 2.40. The third-order valence-corrected chi connectivity index (χ3v) is 4.67. The maximum absolute atomic E-state index is 3.88. The van der Waals surface area contributed by atoms with Crippen LogP contribution in [-0.4, -0.2) is 4.83 Å². The monoisotopic (exact) mass is 266 g/mol. The summed E-state index contributed by atoms with van der Waals surface area (Å²) in [7, 11) is 0. The second-order valence-corrected chi connectivity index (χ2v) is 5.95. The van der Waals surface area contributed by atoms with Gasteiger partial charge in [-0.05, 0) is 30.2 Å². The predicted octanol–water partition coefficient (Wildman–Crippen LogP) is 4.43. The van der Waals surface area contributed by atoms with Gasteiger partial charge < -0.3 is 0 Å². The Morgan fingerprint density at radius 3 is 2.60 bits per heavy atom. The minimum absolute atomic E-state index is 0.664. The molecule has 1 aromatic carbocycles. The lowest BCUT2D eigenvalue weighted by atomic mass is 9.91. The van der Waals surface area contributed by atoms with E-state index in [1.807, 2.05) is 0 Å². The Bertz CT molecular complexity index is 293. The van der Waals surface area contributed by atoms with Crippen molar-refractivity contribution in [3.63, 3.8) is 0 Å². The van der Waals surface area contributed by atoms with Gasteiger partial charge in [-0.2, -0.15) is 0 Å². The predicted molar refractivity (Wildman–Crippen MR) is 69.4 cm³/mol. The van der Waals surface area contributed by atoms with Gasteiger partial charge in [0.15, 0.2) is 0 Å². The second kappa shape index (κ2) is 5.16. The molecule has 1 aliphatic carbocycles. The standard InChI is InChI=1S/C14H19Br/c1-11-6-5-9-13(11)14(15)10-12-7-3-2-4-8-12/h2-4,7-8,11,13-14H,5-6,9-10H2,1H3. The van der Waals surface area contributed by atoms with Gasteiger partial charge in [0.05, 0.1) is 0 Å². The summed E-state index contributed by atoms with van der Waals surface area (Å²) in [5.41, 5.74) is 1.46. The van der Waals surface area contributed by atoms with Crippen molar-refractivity contribution in [1.82, 2.24) is 0 Å². The highest BCUT2D eigenvalue weighted by atomic mass is 79.9. The number of halogens is 1. The van der Waals surface area contributed by atoms with Gasteiger partial charge in [-0.1, -0.05) is 66.0 Å². The fourth-order valence-electron chi connectivity index (χ4n) is 2.70. The Labute approximate surface area is 101 Å². The Morgan fingerprint density at radius 2 is 2.00 bits per heavy atom. The molecule has 0 aromatic heterocycles. The fraction of sp³-hybridized carbons (Fsp3) is 0.571. The molecule has 1 heteroatoms. The lowest BCUT2D eigenvalue weighted by molar-refractivity contribution is 0.407. The average molecular weight is 267 g/mol. The first-order chi connectivity index (χ1) is 7.27. The fourth-order valence-corrected chi connectivity index (χ4v) is 3.86. The molecule has 3 atom stereocenters. The summed E-state index contributed by atoms with van der Waals surface area (Å²) < 4.78 is 0. The first-order valence-corrected chi connectivity index (χ1v) is 6.87. The highest BCUT2D eigenvalue weighted by Gasteiger charge is 2.29. The van der Waals surface area contributed by atoms with Gasteiger partial charge in [0.2, 0.25) is 0 Å². The van der Waals surface area contributed by atoms with Crippen LogP contribution in [0.3, 0.4) is 0 Å². The largest absolute Gasteiger partial charge is 0.0884 e. The van der Waals surface area contributed by atoms with E-state index in [1.165, 1.54) is 31.2 Å². The van der Waals surface area contributed by atoms with Crippen LogP contribution in [-0.2, 0) is 6.42 Å². The number of hydrogen-bond donors (Lipinski definition) is 0. The summed E-state index contributed by atoms with van der Waals surface area (Å²) in [6.07, 6.45) is 5.42. The molecule has 1 aromatic rings. The van der Waals surface area contributed by atoms with Crippen LogP contribution in [0.2, 0.25) is 0 Å². The molecule has 0 N–H and O–H groups in total. The molecule has 0 spiro atoms. The molecule has 3 unspecified atom stereocenters. The Hall–Kier alpha value is -0.300. The van der Waals surface area contributed by atoms with Crippen LogP contribution in [0.4, 0.5) is 0 Å². The molecule has 0 heterocycles. The summed E-state index contributed by atoms with van der Waals surface area (Å²) in [6, 6.07) is 10.8. The molecule has 0 amide bonds. The number of hydrogen-bond acceptors (Lipinski definition) is 0. The van der Waals surface area contributed by atoms with Gasteiger partial charge in [-0.25, -0.2) is 0 Å². The van der Waals surface area contributed by atoms with Gasteiger partial charge in [0, 0.05) is 4.83 Å². The number of rotatable bonds is 3. The normalized spacial score (nSPS) is 27.9. The third kappa shape index (κ3) is 2.84. The van der Waals surface area contributed by atoms with E-state index in [2.05, 4.69) is 53.2 Å². The smallest absolute Gasteiger partial charge is 0.0216 e. The molecule has 0 nitrogen and oxygen atoms in total. The van der Waals surface area contributed by atoms with Crippen LogP contribution in [0.25, 0.3) is 0 Å². The quantitative estimate of drug-likeness (QED) is 0.711. The third-order valence-electron chi connectivity index (χ3n) is 3.67. The molecule has 1 saturated carbocycles. The zero-order chi connectivity index (χ0) is 10.7. The van der Waals surface area contributed by atoms with E-state index in [-0.39, 0.29) is 0 Å².